The van der Waals surface area contributed by atoms with Crippen LogP contribution in [-0.2, 0) is 17.8 Å². The van der Waals surface area contributed by atoms with Crippen LogP contribution in [0.15, 0.2) is 54.7 Å². The molecule has 0 radical (unpaired) electrons. The van der Waals surface area contributed by atoms with Crippen molar-refractivity contribution < 1.29 is 9.59 Å². The number of benzene rings is 1. The van der Waals surface area contributed by atoms with Crippen LogP contribution in [-0.4, -0.2) is 21.8 Å². The normalized spacial score (nSPS) is 15.2. The van der Waals surface area contributed by atoms with Crippen LogP contribution in [0, 0.1) is 0 Å². The Kier molecular flexibility index (Phi) is 4.93. The number of aryl methyl sites for hydroxylation is 1. The Morgan fingerprint density at radius 1 is 1.11 bits per heavy atom. The molecule has 1 aromatic carbocycles. The summed E-state index contributed by atoms with van der Waals surface area (Å²) < 4.78 is 0. The number of hydrogen-bond donors (Lipinski definition) is 2. The van der Waals surface area contributed by atoms with Crippen molar-refractivity contribution in [3.8, 4) is 0 Å². The van der Waals surface area contributed by atoms with E-state index in [1.807, 2.05) is 36.4 Å². The molecular formula is C20H18N4O2S. The first-order valence-electron chi connectivity index (χ1n) is 8.74. The van der Waals surface area contributed by atoms with Gasteiger partial charge < -0.3 is 5.32 Å². The molecule has 2 aromatic heterocycles. The van der Waals surface area contributed by atoms with Crippen LogP contribution in [0.1, 0.15) is 39.0 Å². The molecule has 136 valence electrons. The van der Waals surface area contributed by atoms with Gasteiger partial charge in [-0.25, -0.2) is 4.98 Å². The Balaban J connectivity index is 1.41. The Bertz CT molecular complexity index is 957. The van der Waals surface area contributed by atoms with Crippen LogP contribution in [0.25, 0.3) is 0 Å². The van der Waals surface area contributed by atoms with Gasteiger partial charge in [0.2, 0.25) is 5.91 Å². The molecule has 0 saturated carbocycles. The molecule has 2 amide bonds. The lowest BCUT2D eigenvalue weighted by Crippen LogP contribution is -2.28. The van der Waals surface area contributed by atoms with E-state index >= 15 is 0 Å². The van der Waals surface area contributed by atoms with Crippen LogP contribution in [0.3, 0.4) is 0 Å². The standard InChI is InChI=1S/C20H18N4O2S/c25-18(13-6-2-1-3-7-13)24-20-23-17-15(9-10-16(17)27-20)19(26)22-12-14-8-4-5-11-21-14/h1-8,11,15H,9-10,12H2,(H,22,26)(H,23,24,25). The maximum absolute atomic E-state index is 12.6. The molecule has 3 aromatic rings. The third-order valence-corrected chi connectivity index (χ3v) is 5.51. The number of nitrogens with zero attached hydrogens (tertiary/aromatic N) is 2. The molecule has 0 fully saturated rings. The highest BCUT2D eigenvalue weighted by Crippen LogP contribution is 2.38. The Labute approximate surface area is 160 Å². The average molecular weight is 378 g/mol. The number of carbonyl (C=O) groups excluding carboxylic acids is 2. The Morgan fingerprint density at radius 2 is 1.93 bits per heavy atom. The van der Waals surface area contributed by atoms with Gasteiger partial charge in [0.15, 0.2) is 5.13 Å². The minimum Gasteiger partial charge on any atom is -0.350 e. The van der Waals surface area contributed by atoms with Gasteiger partial charge in [0.25, 0.3) is 5.91 Å². The predicted octanol–water partition coefficient (Wildman–Crippen LogP) is 3.14. The van der Waals surface area contributed by atoms with Crippen LogP contribution < -0.4 is 10.6 Å². The molecule has 6 nitrogen and oxygen atoms in total. The van der Waals surface area contributed by atoms with Crippen LogP contribution in [0.2, 0.25) is 0 Å². The zero-order valence-electron chi connectivity index (χ0n) is 14.5. The van der Waals surface area contributed by atoms with E-state index in [0.29, 0.717) is 17.2 Å². The van der Waals surface area contributed by atoms with E-state index in [-0.39, 0.29) is 17.7 Å². The molecule has 4 rings (SSSR count). The number of nitrogens with one attached hydrogen (secondary N) is 2. The van der Waals surface area contributed by atoms with Gasteiger partial charge in [0.05, 0.1) is 23.9 Å². The van der Waals surface area contributed by atoms with Gasteiger partial charge in [0, 0.05) is 16.6 Å². The first-order valence-corrected chi connectivity index (χ1v) is 9.56. The van der Waals surface area contributed by atoms with Crippen LogP contribution in [0.4, 0.5) is 5.13 Å². The lowest BCUT2D eigenvalue weighted by molar-refractivity contribution is -0.122. The molecule has 1 aliphatic rings. The number of rotatable bonds is 5. The van der Waals surface area contributed by atoms with Crippen molar-refractivity contribution in [3.63, 3.8) is 0 Å². The zero-order valence-corrected chi connectivity index (χ0v) is 15.3. The fraction of sp³-hybridized carbons (Fsp3) is 0.200. The molecule has 1 unspecified atom stereocenters. The number of amides is 2. The van der Waals surface area contributed by atoms with E-state index in [2.05, 4.69) is 20.6 Å². The molecule has 0 aliphatic heterocycles. The minimum absolute atomic E-state index is 0.0503. The summed E-state index contributed by atoms with van der Waals surface area (Å²) in [5.74, 6) is -0.521. The molecule has 2 heterocycles. The number of carbonyl (C=O) groups is 2. The third kappa shape index (κ3) is 3.88. The van der Waals surface area contributed by atoms with Crippen LogP contribution >= 0.6 is 11.3 Å². The second-order valence-electron chi connectivity index (χ2n) is 6.28. The maximum atomic E-state index is 12.6. The van der Waals surface area contributed by atoms with Crippen molar-refractivity contribution >= 4 is 28.3 Å². The molecule has 27 heavy (non-hydrogen) atoms. The van der Waals surface area contributed by atoms with E-state index in [9.17, 15) is 9.59 Å². The first kappa shape index (κ1) is 17.4. The largest absolute Gasteiger partial charge is 0.350 e. The van der Waals surface area contributed by atoms with Crippen molar-refractivity contribution in [1.29, 1.82) is 0 Å². The fourth-order valence-corrected chi connectivity index (χ4v) is 4.13. The van der Waals surface area contributed by atoms with Gasteiger partial charge in [-0.05, 0) is 37.1 Å². The fourth-order valence-electron chi connectivity index (χ4n) is 3.10. The summed E-state index contributed by atoms with van der Waals surface area (Å²) in [6, 6.07) is 14.6. The highest BCUT2D eigenvalue weighted by Gasteiger charge is 2.32. The van der Waals surface area contributed by atoms with E-state index in [0.717, 1.165) is 29.1 Å². The van der Waals surface area contributed by atoms with Gasteiger partial charge in [-0.1, -0.05) is 24.3 Å². The molecule has 7 heteroatoms. The summed E-state index contributed by atoms with van der Waals surface area (Å²) in [6.07, 6.45) is 3.25. The van der Waals surface area contributed by atoms with Crippen molar-refractivity contribution in [3.05, 3.63) is 76.6 Å². The molecule has 1 aliphatic carbocycles. The summed E-state index contributed by atoms with van der Waals surface area (Å²) in [7, 11) is 0. The monoisotopic (exact) mass is 378 g/mol. The van der Waals surface area contributed by atoms with Gasteiger partial charge in [0.1, 0.15) is 0 Å². The lowest BCUT2D eigenvalue weighted by Gasteiger charge is -2.10. The van der Waals surface area contributed by atoms with E-state index in [4.69, 9.17) is 0 Å². The second-order valence-corrected chi connectivity index (χ2v) is 7.36. The molecule has 0 spiro atoms. The van der Waals surface area contributed by atoms with Gasteiger partial charge in [-0.3, -0.25) is 19.9 Å². The number of thiazole rings is 1. The van der Waals surface area contributed by atoms with Crippen molar-refractivity contribution in [1.82, 2.24) is 15.3 Å². The van der Waals surface area contributed by atoms with Gasteiger partial charge in [-0.2, -0.15) is 0 Å². The molecular weight excluding hydrogens is 360 g/mol. The Morgan fingerprint density at radius 3 is 2.70 bits per heavy atom. The maximum Gasteiger partial charge on any atom is 0.257 e. The number of pyridine rings is 1. The Hall–Kier alpha value is -3.06. The van der Waals surface area contributed by atoms with E-state index in [1.54, 1.807) is 18.3 Å². The zero-order chi connectivity index (χ0) is 18.6. The molecule has 0 saturated heterocycles. The highest BCUT2D eigenvalue weighted by molar-refractivity contribution is 7.16. The smallest absolute Gasteiger partial charge is 0.257 e. The number of aromatic nitrogens is 2. The van der Waals surface area contributed by atoms with Crippen molar-refractivity contribution in [2.45, 2.75) is 25.3 Å². The van der Waals surface area contributed by atoms with E-state index < -0.39 is 0 Å². The minimum atomic E-state index is -0.276. The topological polar surface area (TPSA) is 84.0 Å². The average Bonchev–Trinajstić information content (AvgIpc) is 3.27. The second kappa shape index (κ2) is 7.67. The lowest BCUT2D eigenvalue weighted by atomic mass is 10.1. The number of anilines is 1. The van der Waals surface area contributed by atoms with E-state index in [1.165, 1.54) is 11.3 Å². The summed E-state index contributed by atoms with van der Waals surface area (Å²) in [4.78, 5) is 34.7. The first-order chi connectivity index (χ1) is 13.2. The van der Waals surface area contributed by atoms with Crippen LogP contribution in [0.5, 0.6) is 0 Å². The van der Waals surface area contributed by atoms with Crippen molar-refractivity contribution in [2.75, 3.05) is 5.32 Å². The summed E-state index contributed by atoms with van der Waals surface area (Å²) in [5, 5.41) is 6.30. The SMILES string of the molecule is O=C(Nc1nc2c(s1)CCC2C(=O)NCc1ccccn1)c1ccccc1. The summed E-state index contributed by atoms with van der Waals surface area (Å²) in [5.41, 5.74) is 2.18. The quantitative estimate of drug-likeness (QED) is 0.714. The summed E-state index contributed by atoms with van der Waals surface area (Å²) in [6.45, 7) is 0.396. The van der Waals surface area contributed by atoms with Crippen molar-refractivity contribution in [2.24, 2.45) is 0 Å². The van der Waals surface area contributed by atoms with Gasteiger partial charge >= 0.3 is 0 Å². The number of hydrogen-bond acceptors (Lipinski definition) is 5. The van der Waals surface area contributed by atoms with Gasteiger partial charge in [-0.15, -0.1) is 11.3 Å². The summed E-state index contributed by atoms with van der Waals surface area (Å²) >= 11 is 1.45. The third-order valence-electron chi connectivity index (χ3n) is 4.46. The molecule has 0 bridgehead atoms. The predicted molar refractivity (Wildman–Crippen MR) is 104 cm³/mol. The number of fused-ring (bicyclic) bond motifs is 1. The molecule has 1 atom stereocenters. The molecule has 2 N–H and O–H groups in total. The highest BCUT2D eigenvalue weighted by atomic mass is 32.1.